The van der Waals surface area contributed by atoms with Crippen LogP contribution in [0.4, 0.5) is 0 Å². The molecule has 1 aromatic carbocycles. The van der Waals surface area contributed by atoms with Crippen molar-refractivity contribution in [3.05, 3.63) is 41.5 Å². The molecule has 0 fully saturated rings. The van der Waals surface area contributed by atoms with Gasteiger partial charge in [0.2, 0.25) is 0 Å². The van der Waals surface area contributed by atoms with E-state index in [0.29, 0.717) is 5.56 Å². The quantitative estimate of drug-likeness (QED) is 0.705. The third kappa shape index (κ3) is 2.52. The highest BCUT2D eigenvalue weighted by Gasteiger charge is 1.87. The molecular formula is C10H8BrN. The Bertz CT molecular complexity index is 306. The Balaban J connectivity index is 2.80. The summed E-state index contributed by atoms with van der Waals surface area (Å²) >= 11 is 3.30. The molecular weight excluding hydrogens is 214 g/mol. The normalized spacial score (nSPS) is 10.0. The van der Waals surface area contributed by atoms with E-state index in [1.54, 1.807) is 0 Å². The van der Waals surface area contributed by atoms with Gasteiger partial charge in [0.05, 0.1) is 11.6 Å². The molecule has 0 heterocycles. The van der Waals surface area contributed by atoms with E-state index in [-0.39, 0.29) is 0 Å². The smallest absolute Gasteiger partial charge is 0.0991 e. The maximum absolute atomic E-state index is 8.53. The molecule has 0 saturated heterocycles. The second-order valence-electron chi connectivity index (χ2n) is 2.29. The summed E-state index contributed by atoms with van der Waals surface area (Å²) in [6.07, 6.45) is 4.03. The zero-order valence-corrected chi connectivity index (χ0v) is 8.08. The van der Waals surface area contributed by atoms with E-state index in [2.05, 4.69) is 22.0 Å². The minimum absolute atomic E-state index is 0.700. The molecule has 60 valence electrons. The summed E-state index contributed by atoms with van der Waals surface area (Å²) in [6, 6.07) is 9.56. The van der Waals surface area contributed by atoms with Crippen LogP contribution in [0.25, 0.3) is 6.08 Å². The van der Waals surface area contributed by atoms with Gasteiger partial charge in [-0.1, -0.05) is 40.2 Å². The fourth-order valence-corrected chi connectivity index (χ4v) is 1.04. The molecule has 1 nitrogen and oxygen atoms in total. The van der Waals surface area contributed by atoms with Gasteiger partial charge in [-0.25, -0.2) is 0 Å². The predicted molar refractivity (Wildman–Crippen MR) is 54.0 cm³/mol. The molecule has 2 heteroatoms. The van der Waals surface area contributed by atoms with E-state index in [1.807, 2.05) is 36.4 Å². The van der Waals surface area contributed by atoms with Crippen LogP contribution in [-0.4, -0.2) is 5.33 Å². The highest BCUT2D eigenvalue weighted by atomic mass is 79.9. The van der Waals surface area contributed by atoms with Crippen LogP contribution in [0.2, 0.25) is 0 Å². The molecule has 0 amide bonds. The molecule has 0 aromatic heterocycles. The lowest BCUT2D eigenvalue weighted by Crippen LogP contribution is -1.74. The fraction of sp³-hybridized carbons (Fsp3) is 0.100. The average Bonchev–Trinajstić information content (AvgIpc) is 2.15. The van der Waals surface area contributed by atoms with Gasteiger partial charge in [0.25, 0.3) is 0 Å². The Morgan fingerprint density at radius 2 is 2.00 bits per heavy atom. The first kappa shape index (κ1) is 9.02. The van der Waals surface area contributed by atoms with Gasteiger partial charge in [-0.2, -0.15) is 5.26 Å². The first-order valence-electron chi connectivity index (χ1n) is 3.59. The predicted octanol–water partition coefficient (Wildman–Crippen LogP) is 2.97. The van der Waals surface area contributed by atoms with Gasteiger partial charge in [0.15, 0.2) is 0 Å². The Labute approximate surface area is 80.5 Å². The van der Waals surface area contributed by atoms with Crippen molar-refractivity contribution in [3.63, 3.8) is 0 Å². The molecule has 1 rings (SSSR count). The fourth-order valence-electron chi connectivity index (χ4n) is 0.849. The summed E-state index contributed by atoms with van der Waals surface area (Å²) in [5.41, 5.74) is 1.82. The SMILES string of the molecule is N#Cc1ccc(C=CCBr)cc1. The number of allylic oxidation sites excluding steroid dienone is 1. The van der Waals surface area contributed by atoms with Crippen LogP contribution < -0.4 is 0 Å². The van der Waals surface area contributed by atoms with Gasteiger partial charge < -0.3 is 0 Å². The van der Waals surface area contributed by atoms with Gasteiger partial charge in [-0.05, 0) is 17.7 Å². The van der Waals surface area contributed by atoms with Crippen molar-refractivity contribution in [1.29, 1.82) is 5.26 Å². The van der Waals surface area contributed by atoms with Crippen LogP contribution in [0.1, 0.15) is 11.1 Å². The van der Waals surface area contributed by atoms with Crippen molar-refractivity contribution in [1.82, 2.24) is 0 Å². The van der Waals surface area contributed by atoms with E-state index in [0.717, 1.165) is 10.9 Å². The number of hydrogen-bond donors (Lipinski definition) is 0. The van der Waals surface area contributed by atoms with E-state index in [1.165, 1.54) is 0 Å². The second-order valence-corrected chi connectivity index (χ2v) is 2.94. The van der Waals surface area contributed by atoms with Crippen molar-refractivity contribution in [2.45, 2.75) is 0 Å². The zero-order valence-electron chi connectivity index (χ0n) is 6.50. The van der Waals surface area contributed by atoms with Crippen LogP contribution in [0.15, 0.2) is 30.3 Å². The van der Waals surface area contributed by atoms with Crippen molar-refractivity contribution in [3.8, 4) is 6.07 Å². The van der Waals surface area contributed by atoms with Crippen molar-refractivity contribution in [2.24, 2.45) is 0 Å². The number of hydrogen-bond acceptors (Lipinski definition) is 1. The molecule has 0 aliphatic rings. The zero-order chi connectivity index (χ0) is 8.81. The molecule has 0 spiro atoms. The molecule has 0 aliphatic carbocycles. The van der Waals surface area contributed by atoms with Crippen molar-refractivity contribution >= 4 is 22.0 Å². The van der Waals surface area contributed by atoms with E-state index >= 15 is 0 Å². The Morgan fingerprint density at radius 3 is 2.50 bits per heavy atom. The Hall–Kier alpha value is -1.07. The summed E-state index contributed by atoms with van der Waals surface area (Å²) < 4.78 is 0. The largest absolute Gasteiger partial charge is 0.192 e. The standard InChI is InChI=1S/C10H8BrN/c11-7-1-2-9-3-5-10(8-12)6-4-9/h1-6H,7H2. The monoisotopic (exact) mass is 221 g/mol. The summed E-state index contributed by atoms with van der Waals surface area (Å²) in [6.45, 7) is 0. The van der Waals surface area contributed by atoms with E-state index in [9.17, 15) is 0 Å². The summed E-state index contributed by atoms with van der Waals surface area (Å²) in [7, 11) is 0. The highest BCUT2D eigenvalue weighted by molar-refractivity contribution is 9.09. The van der Waals surface area contributed by atoms with Gasteiger partial charge in [0.1, 0.15) is 0 Å². The van der Waals surface area contributed by atoms with Crippen molar-refractivity contribution < 1.29 is 0 Å². The van der Waals surface area contributed by atoms with Crippen LogP contribution in [-0.2, 0) is 0 Å². The summed E-state index contributed by atoms with van der Waals surface area (Å²) in [5.74, 6) is 0. The van der Waals surface area contributed by atoms with Crippen LogP contribution in [0, 0.1) is 11.3 Å². The van der Waals surface area contributed by atoms with E-state index in [4.69, 9.17) is 5.26 Å². The highest BCUT2D eigenvalue weighted by Crippen LogP contribution is 2.05. The Morgan fingerprint density at radius 1 is 1.33 bits per heavy atom. The number of halogens is 1. The molecule has 0 N–H and O–H groups in total. The molecule has 0 aliphatic heterocycles. The van der Waals surface area contributed by atoms with Crippen LogP contribution in [0.5, 0.6) is 0 Å². The van der Waals surface area contributed by atoms with Crippen LogP contribution >= 0.6 is 15.9 Å². The third-order valence-corrected chi connectivity index (χ3v) is 1.81. The average molecular weight is 222 g/mol. The van der Waals surface area contributed by atoms with Gasteiger partial charge in [-0.3, -0.25) is 0 Å². The number of nitriles is 1. The molecule has 12 heavy (non-hydrogen) atoms. The minimum atomic E-state index is 0.700. The summed E-state index contributed by atoms with van der Waals surface area (Å²) in [5, 5.41) is 9.38. The Kier molecular flexibility index (Phi) is 3.56. The lowest BCUT2D eigenvalue weighted by molar-refractivity contribution is 1.48. The van der Waals surface area contributed by atoms with Gasteiger partial charge in [0, 0.05) is 5.33 Å². The number of alkyl halides is 1. The lowest BCUT2D eigenvalue weighted by Gasteiger charge is -1.91. The number of benzene rings is 1. The molecule has 0 bridgehead atoms. The maximum Gasteiger partial charge on any atom is 0.0991 e. The molecule has 0 saturated carbocycles. The molecule has 0 unspecified atom stereocenters. The number of nitrogens with zero attached hydrogens (tertiary/aromatic N) is 1. The first-order valence-corrected chi connectivity index (χ1v) is 4.71. The van der Waals surface area contributed by atoms with Crippen LogP contribution in [0.3, 0.4) is 0 Å². The number of rotatable bonds is 2. The minimum Gasteiger partial charge on any atom is -0.192 e. The van der Waals surface area contributed by atoms with Crippen molar-refractivity contribution in [2.75, 3.05) is 5.33 Å². The lowest BCUT2D eigenvalue weighted by atomic mass is 10.1. The van der Waals surface area contributed by atoms with E-state index < -0.39 is 0 Å². The van der Waals surface area contributed by atoms with Gasteiger partial charge >= 0.3 is 0 Å². The first-order chi connectivity index (χ1) is 5.86. The molecule has 1 aromatic rings. The third-order valence-electron chi connectivity index (χ3n) is 1.44. The topological polar surface area (TPSA) is 23.8 Å². The summed E-state index contributed by atoms with van der Waals surface area (Å²) in [4.78, 5) is 0. The second kappa shape index (κ2) is 4.74. The van der Waals surface area contributed by atoms with Gasteiger partial charge in [-0.15, -0.1) is 0 Å². The molecule has 0 radical (unpaired) electrons. The molecule has 0 atom stereocenters. The maximum atomic E-state index is 8.53.